The van der Waals surface area contributed by atoms with Gasteiger partial charge in [-0.2, -0.15) is 0 Å². The first-order valence-corrected chi connectivity index (χ1v) is 8.21. The molecule has 1 aliphatic rings. The van der Waals surface area contributed by atoms with Crippen molar-refractivity contribution in [3.63, 3.8) is 0 Å². The summed E-state index contributed by atoms with van der Waals surface area (Å²) < 4.78 is 14.3. The Balaban J connectivity index is 1.90. The van der Waals surface area contributed by atoms with Gasteiger partial charge in [0.25, 0.3) is 0 Å². The van der Waals surface area contributed by atoms with E-state index < -0.39 is 0 Å². The summed E-state index contributed by atoms with van der Waals surface area (Å²) in [6.45, 7) is 0. The highest BCUT2D eigenvalue weighted by Gasteiger charge is 2.21. The highest BCUT2D eigenvalue weighted by atomic mass is 79.9. The van der Waals surface area contributed by atoms with E-state index in [2.05, 4.69) is 45.5 Å². The molecule has 1 N–H and O–H groups in total. The fourth-order valence-corrected chi connectivity index (χ4v) is 3.44. The maximum Gasteiger partial charge on any atom is 0.137 e. The molecule has 0 aromatic heterocycles. The van der Waals surface area contributed by atoms with Crippen LogP contribution in [0.1, 0.15) is 47.9 Å². The molecule has 1 unspecified atom stereocenters. The Morgan fingerprint density at radius 1 is 1.14 bits per heavy atom. The van der Waals surface area contributed by atoms with Crippen LogP contribution in [0.25, 0.3) is 0 Å². The van der Waals surface area contributed by atoms with Gasteiger partial charge in [0.05, 0.1) is 10.5 Å². The molecule has 110 valence electrons. The average molecular weight is 348 g/mol. The minimum Gasteiger partial charge on any atom is -0.309 e. The van der Waals surface area contributed by atoms with Crippen molar-refractivity contribution >= 4 is 15.9 Å². The first-order chi connectivity index (χ1) is 10.2. The third-order valence-electron chi connectivity index (χ3n) is 4.43. The van der Waals surface area contributed by atoms with Crippen LogP contribution in [0.2, 0.25) is 0 Å². The SMILES string of the molecule is CNC(c1ccc(C2CCC2)cc1)c1cccc(F)c1Br. The van der Waals surface area contributed by atoms with Crippen LogP contribution in [0.4, 0.5) is 4.39 Å². The lowest BCUT2D eigenvalue weighted by atomic mass is 9.79. The molecule has 21 heavy (non-hydrogen) atoms. The van der Waals surface area contributed by atoms with Crippen molar-refractivity contribution in [1.82, 2.24) is 5.32 Å². The van der Waals surface area contributed by atoms with Gasteiger partial charge in [0, 0.05) is 0 Å². The van der Waals surface area contributed by atoms with Gasteiger partial charge < -0.3 is 5.32 Å². The zero-order chi connectivity index (χ0) is 14.8. The highest BCUT2D eigenvalue weighted by Crippen LogP contribution is 2.37. The fraction of sp³-hybridized carbons (Fsp3) is 0.333. The second-order valence-electron chi connectivity index (χ2n) is 5.66. The Morgan fingerprint density at radius 3 is 2.43 bits per heavy atom. The van der Waals surface area contributed by atoms with Gasteiger partial charge in [-0.05, 0) is 64.5 Å². The smallest absolute Gasteiger partial charge is 0.137 e. The molecule has 2 aromatic carbocycles. The summed E-state index contributed by atoms with van der Waals surface area (Å²) in [5, 5.41) is 3.28. The van der Waals surface area contributed by atoms with Crippen LogP contribution in [0.15, 0.2) is 46.9 Å². The van der Waals surface area contributed by atoms with Gasteiger partial charge in [-0.15, -0.1) is 0 Å². The monoisotopic (exact) mass is 347 g/mol. The van der Waals surface area contributed by atoms with E-state index in [-0.39, 0.29) is 11.9 Å². The van der Waals surface area contributed by atoms with E-state index in [1.165, 1.54) is 30.9 Å². The molecule has 0 bridgehead atoms. The van der Waals surface area contributed by atoms with Crippen LogP contribution in [-0.2, 0) is 0 Å². The largest absolute Gasteiger partial charge is 0.309 e. The molecule has 1 saturated carbocycles. The van der Waals surface area contributed by atoms with Crippen LogP contribution < -0.4 is 5.32 Å². The lowest BCUT2D eigenvalue weighted by molar-refractivity contribution is 0.419. The summed E-state index contributed by atoms with van der Waals surface area (Å²) in [7, 11) is 1.90. The van der Waals surface area contributed by atoms with Crippen LogP contribution >= 0.6 is 15.9 Å². The third-order valence-corrected chi connectivity index (χ3v) is 5.26. The van der Waals surface area contributed by atoms with Crippen molar-refractivity contribution in [2.45, 2.75) is 31.2 Å². The van der Waals surface area contributed by atoms with Crippen molar-refractivity contribution < 1.29 is 4.39 Å². The molecule has 0 spiro atoms. The summed E-state index contributed by atoms with van der Waals surface area (Å²) in [6, 6.07) is 13.9. The maximum absolute atomic E-state index is 13.7. The van der Waals surface area contributed by atoms with Gasteiger partial charge in [0.2, 0.25) is 0 Å². The van der Waals surface area contributed by atoms with Crippen molar-refractivity contribution in [3.8, 4) is 0 Å². The second kappa shape index (κ2) is 6.29. The number of rotatable bonds is 4. The molecule has 1 atom stereocenters. The lowest BCUT2D eigenvalue weighted by Crippen LogP contribution is -2.18. The average Bonchev–Trinajstić information content (AvgIpc) is 2.44. The number of nitrogens with one attached hydrogen (secondary N) is 1. The number of benzene rings is 2. The van der Waals surface area contributed by atoms with Crippen LogP contribution in [0, 0.1) is 5.82 Å². The standard InChI is InChI=1S/C18H19BrFN/c1-21-18(15-6-3-7-16(20)17(15)19)14-10-8-13(9-11-14)12-4-2-5-12/h3,6-12,18,21H,2,4-5H2,1H3. The molecule has 1 nitrogen and oxygen atoms in total. The number of hydrogen-bond acceptors (Lipinski definition) is 1. The van der Waals surface area contributed by atoms with Crippen LogP contribution in [0.3, 0.4) is 0 Å². The van der Waals surface area contributed by atoms with Gasteiger partial charge in [-0.3, -0.25) is 0 Å². The molecular weight excluding hydrogens is 329 g/mol. The summed E-state index contributed by atoms with van der Waals surface area (Å²) in [5.41, 5.74) is 3.51. The topological polar surface area (TPSA) is 12.0 Å². The lowest BCUT2D eigenvalue weighted by Gasteiger charge is -2.26. The van der Waals surface area contributed by atoms with Gasteiger partial charge in [-0.25, -0.2) is 4.39 Å². The van der Waals surface area contributed by atoms with Crippen molar-refractivity contribution in [1.29, 1.82) is 0 Å². The first kappa shape index (κ1) is 14.7. The molecule has 1 aliphatic carbocycles. The van der Waals surface area contributed by atoms with Gasteiger partial charge in [0.1, 0.15) is 5.82 Å². The Morgan fingerprint density at radius 2 is 1.86 bits per heavy atom. The van der Waals surface area contributed by atoms with Gasteiger partial charge in [-0.1, -0.05) is 42.8 Å². The van der Waals surface area contributed by atoms with E-state index >= 15 is 0 Å². The van der Waals surface area contributed by atoms with Crippen molar-refractivity contribution in [2.75, 3.05) is 7.05 Å². The zero-order valence-corrected chi connectivity index (χ0v) is 13.7. The molecule has 1 fully saturated rings. The van der Waals surface area contributed by atoms with Crippen LogP contribution in [-0.4, -0.2) is 7.05 Å². The van der Waals surface area contributed by atoms with Crippen molar-refractivity contribution in [2.24, 2.45) is 0 Å². The number of hydrogen-bond donors (Lipinski definition) is 1. The Hall–Kier alpha value is -1.19. The van der Waals surface area contributed by atoms with E-state index in [9.17, 15) is 4.39 Å². The molecule has 3 rings (SSSR count). The molecule has 0 radical (unpaired) electrons. The normalized spacial score (nSPS) is 16.5. The minimum atomic E-state index is -0.223. The van der Waals surface area contributed by atoms with Crippen molar-refractivity contribution in [3.05, 3.63) is 69.4 Å². The van der Waals surface area contributed by atoms with E-state index in [4.69, 9.17) is 0 Å². The van der Waals surface area contributed by atoms with E-state index in [1.54, 1.807) is 6.07 Å². The van der Waals surface area contributed by atoms with E-state index in [0.29, 0.717) is 4.47 Å². The fourth-order valence-electron chi connectivity index (χ4n) is 2.95. The number of halogens is 2. The van der Waals surface area contributed by atoms with Gasteiger partial charge >= 0.3 is 0 Å². The molecule has 0 heterocycles. The Bertz CT molecular complexity index is 620. The summed E-state index contributed by atoms with van der Waals surface area (Å²) >= 11 is 3.36. The predicted octanol–water partition coefficient (Wildman–Crippen LogP) is 5.16. The summed E-state index contributed by atoms with van der Waals surface area (Å²) in [4.78, 5) is 0. The molecule has 2 aromatic rings. The third kappa shape index (κ3) is 2.90. The quantitative estimate of drug-likeness (QED) is 0.804. The molecule has 3 heteroatoms. The van der Waals surface area contributed by atoms with Crippen LogP contribution in [0.5, 0.6) is 0 Å². The zero-order valence-electron chi connectivity index (χ0n) is 12.1. The summed E-state index contributed by atoms with van der Waals surface area (Å²) in [6.07, 6.45) is 3.97. The molecular formula is C18H19BrFN. The molecule has 0 amide bonds. The van der Waals surface area contributed by atoms with E-state index in [1.807, 2.05) is 13.1 Å². The molecule has 0 aliphatic heterocycles. The van der Waals surface area contributed by atoms with E-state index in [0.717, 1.165) is 17.0 Å². The second-order valence-corrected chi connectivity index (χ2v) is 6.45. The highest BCUT2D eigenvalue weighted by molar-refractivity contribution is 9.10. The predicted molar refractivity (Wildman–Crippen MR) is 88.0 cm³/mol. The minimum absolute atomic E-state index is 0.00878. The Labute approximate surface area is 133 Å². The molecule has 0 saturated heterocycles. The Kier molecular flexibility index (Phi) is 4.41. The summed E-state index contributed by atoms with van der Waals surface area (Å²) in [5.74, 6) is 0.520. The van der Waals surface area contributed by atoms with Gasteiger partial charge in [0.15, 0.2) is 0 Å². The maximum atomic E-state index is 13.7. The first-order valence-electron chi connectivity index (χ1n) is 7.41.